The number of nitrogens with zero attached hydrogens (tertiary/aromatic N) is 1. The number of aromatic carboxylic acids is 1. The highest BCUT2D eigenvalue weighted by molar-refractivity contribution is 6.45. The summed E-state index contributed by atoms with van der Waals surface area (Å²) >= 11 is 0. The lowest BCUT2D eigenvalue weighted by Crippen LogP contribution is -2.29. The van der Waals surface area contributed by atoms with E-state index in [0.717, 1.165) is 5.56 Å². The first-order valence-electron chi connectivity index (χ1n) is 7.86. The van der Waals surface area contributed by atoms with Crippen molar-refractivity contribution in [2.75, 3.05) is 14.2 Å². The van der Waals surface area contributed by atoms with Gasteiger partial charge in [0.25, 0.3) is 5.91 Å². The number of carboxylic acids is 1. The van der Waals surface area contributed by atoms with E-state index in [9.17, 15) is 9.59 Å². The number of carbonyl (C=O) groups excluding carboxylic acids is 1. The Labute approximate surface area is 151 Å². The zero-order valence-corrected chi connectivity index (χ0v) is 14.8. The number of hydrogen-bond donors (Lipinski definition) is 2. The quantitative estimate of drug-likeness (QED) is 0.586. The smallest absolute Gasteiger partial charge is 0.335 e. The molecule has 2 aromatic rings. The summed E-state index contributed by atoms with van der Waals surface area (Å²) in [5.41, 5.74) is 2.39. The van der Waals surface area contributed by atoms with Crippen molar-refractivity contribution in [2.45, 2.75) is 13.5 Å². The number of benzene rings is 2. The fourth-order valence-electron chi connectivity index (χ4n) is 2.40. The van der Waals surface area contributed by atoms with Crippen LogP contribution in [-0.2, 0) is 16.2 Å². The Hall–Kier alpha value is -3.35. The SMILES string of the molecule is CNC(=O)C(=NOC)c1ccccc1COc1ccc(C(=O)O)cc1C. The molecule has 0 radical (unpaired) electrons. The lowest BCUT2D eigenvalue weighted by atomic mass is 10.0. The molecule has 0 bridgehead atoms. The predicted octanol–water partition coefficient (Wildman–Crippen LogP) is 2.37. The third kappa shape index (κ3) is 4.38. The van der Waals surface area contributed by atoms with Crippen LogP contribution >= 0.6 is 0 Å². The summed E-state index contributed by atoms with van der Waals surface area (Å²) in [7, 11) is 2.88. The molecule has 0 saturated heterocycles. The molecule has 0 aliphatic heterocycles. The van der Waals surface area contributed by atoms with Gasteiger partial charge in [-0.15, -0.1) is 0 Å². The second-order valence-electron chi connectivity index (χ2n) is 5.43. The minimum Gasteiger partial charge on any atom is -0.489 e. The standard InChI is InChI=1S/C19H20N2O5/c1-12-10-13(19(23)24)8-9-16(12)26-11-14-6-4-5-7-15(14)17(21-25-3)18(22)20-2/h4-10H,11H2,1-3H3,(H,20,22)(H,23,24). The molecule has 136 valence electrons. The molecule has 0 aliphatic rings. The van der Waals surface area contributed by atoms with Gasteiger partial charge < -0.3 is 20.0 Å². The first kappa shape index (κ1) is 19.0. The first-order valence-corrected chi connectivity index (χ1v) is 7.86. The van der Waals surface area contributed by atoms with Crippen LogP contribution < -0.4 is 10.1 Å². The minimum atomic E-state index is -0.990. The van der Waals surface area contributed by atoms with E-state index in [4.69, 9.17) is 14.7 Å². The molecular weight excluding hydrogens is 336 g/mol. The van der Waals surface area contributed by atoms with E-state index in [1.54, 1.807) is 31.2 Å². The first-order chi connectivity index (χ1) is 12.5. The van der Waals surface area contributed by atoms with E-state index < -0.39 is 5.97 Å². The third-order valence-electron chi connectivity index (χ3n) is 3.70. The Balaban J connectivity index is 2.27. The number of hydrogen-bond acceptors (Lipinski definition) is 5. The molecule has 0 heterocycles. The summed E-state index contributed by atoms with van der Waals surface area (Å²) in [6, 6.07) is 11.8. The Morgan fingerprint density at radius 2 is 1.92 bits per heavy atom. The molecule has 26 heavy (non-hydrogen) atoms. The molecule has 0 saturated carbocycles. The second kappa shape index (κ2) is 8.66. The maximum Gasteiger partial charge on any atom is 0.335 e. The van der Waals surface area contributed by atoms with Crippen molar-refractivity contribution >= 4 is 17.6 Å². The summed E-state index contributed by atoms with van der Waals surface area (Å²) in [6.07, 6.45) is 0. The molecular formula is C19H20N2O5. The van der Waals surface area contributed by atoms with Crippen LogP contribution in [0, 0.1) is 6.92 Å². The van der Waals surface area contributed by atoms with Gasteiger partial charge in [-0.3, -0.25) is 4.79 Å². The van der Waals surface area contributed by atoms with E-state index >= 15 is 0 Å². The number of rotatable bonds is 7. The zero-order valence-electron chi connectivity index (χ0n) is 14.8. The molecule has 7 heteroatoms. The summed E-state index contributed by atoms with van der Waals surface area (Å²) in [5, 5.41) is 15.4. The summed E-state index contributed by atoms with van der Waals surface area (Å²) < 4.78 is 5.82. The number of amides is 1. The summed E-state index contributed by atoms with van der Waals surface area (Å²) in [5.74, 6) is -0.799. The van der Waals surface area contributed by atoms with Crippen molar-refractivity contribution in [3.05, 3.63) is 64.7 Å². The maximum atomic E-state index is 12.1. The lowest BCUT2D eigenvalue weighted by Gasteiger charge is -2.13. The minimum absolute atomic E-state index is 0.146. The highest BCUT2D eigenvalue weighted by Crippen LogP contribution is 2.21. The van der Waals surface area contributed by atoms with Gasteiger partial charge in [0.15, 0.2) is 5.71 Å². The van der Waals surface area contributed by atoms with Gasteiger partial charge in [0.1, 0.15) is 19.5 Å². The van der Waals surface area contributed by atoms with E-state index in [-0.39, 0.29) is 23.8 Å². The molecule has 7 nitrogen and oxygen atoms in total. The molecule has 2 N–H and O–H groups in total. The molecule has 1 amide bonds. The maximum absolute atomic E-state index is 12.1. The molecule has 0 unspecified atom stereocenters. The van der Waals surface area contributed by atoms with Crippen molar-refractivity contribution in [3.8, 4) is 5.75 Å². The molecule has 0 atom stereocenters. The van der Waals surface area contributed by atoms with Crippen LogP contribution in [-0.4, -0.2) is 36.9 Å². The average molecular weight is 356 g/mol. The second-order valence-corrected chi connectivity index (χ2v) is 5.43. The van der Waals surface area contributed by atoms with Crippen LogP contribution in [0.3, 0.4) is 0 Å². The Morgan fingerprint density at radius 3 is 2.54 bits per heavy atom. The number of nitrogens with one attached hydrogen (secondary N) is 1. The normalized spacial score (nSPS) is 11.0. The zero-order chi connectivity index (χ0) is 19.1. The molecule has 0 fully saturated rings. The molecule has 0 spiro atoms. The van der Waals surface area contributed by atoms with E-state index in [2.05, 4.69) is 10.5 Å². The Bertz CT molecular complexity index is 846. The monoisotopic (exact) mass is 356 g/mol. The van der Waals surface area contributed by atoms with Crippen molar-refractivity contribution in [2.24, 2.45) is 5.16 Å². The number of carboxylic acid groups (broad SMARTS) is 1. The number of aryl methyl sites for hydroxylation is 1. The molecule has 0 aliphatic carbocycles. The van der Waals surface area contributed by atoms with Crippen molar-refractivity contribution in [1.82, 2.24) is 5.32 Å². The van der Waals surface area contributed by atoms with Crippen LogP contribution in [0.15, 0.2) is 47.6 Å². The predicted molar refractivity (Wildman–Crippen MR) is 96.5 cm³/mol. The van der Waals surface area contributed by atoms with Crippen LogP contribution in [0.2, 0.25) is 0 Å². The number of likely N-dealkylation sites (N-methyl/N-ethyl adjacent to an activating group) is 1. The van der Waals surface area contributed by atoms with Crippen LogP contribution in [0.4, 0.5) is 0 Å². The van der Waals surface area contributed by atoms with Crippen molar-refractivity contribution in [3.63, 3.8) is 0 Å². The van der Waals surface area contributed by atoms with Crippen molar-refractivity contribution < 1.29 is 24.3 Å². The molecule has 0 aromatic heterocycles. The van der Waals surface area contributed by atoms with E-state index in [1.807, 2.05) is 12.1 Å². The van der Waals surface area contributed by atoms with E-state index in [1.165, 1.54) is 20.2 Å². The fraction of sp³-hybridized carbons (Fsp3) is 0.211. The van der Waals surface area contributed by atoms with Gasteiger partial charge in [0.2, 0.25) is 0 Å². The summed E-state index contributed by atoms with van der Waals surface area (Å²) in [4.78, 5) is 27.9. The van der Waals surface area contributed by atoms with E-state index in [0.29, 0.717) is 16.9 Å². The van der Waals surface area contributed by atoms with Gasteiger partial charge in [-0.2, -0.15) is 0 Å². The van der Waals surface area contributed by atoms with Gasteiger partial charge in [0.05, 0.1) is 5.56 Å². The average Bonchev–Trinajstić information content (AvgIpc) is 2.64. The highest BCUT2D eigenvalue weighted by atomic mass is 16.6. The number of oxime groups is 1. The van der Waals surface area contributed by atoms with Gasteiger partial charge in [-0.25, -0.2) is 4.79 Å². The largest absolute Gasteiger partial charge is 0.489 e. The van der Waals surface area contributed by atoms with Gasteiger partial charge in [0, 0.05) is 12.6 Å². The summed E-state index contributed by atoms with van der Waals surface area (Å²) in [6.45, 7) is 1.96. The van der Waals surface area contributed by atoms with Crippen molar-refractivity contribution in [1.29, 1.82) is 0 Å². The molecule has 2 aromatic carbocycles. The number of ether oxygens (including phenoxy) is 1. The number of carbonyl (C=O) groups is 2. The Kier molecular flexibility index (Phi) is 6.32. The van der Waals surface area contributed by atoms with Crippen LogP contribution in [0.25, 0.3) is 0 Å². The van der Waals surface area contributed by atoms with Gasteiger partial charge >= 0.3 is 5.97 Å². The third-order valence-corrected chi connectivity index (χ3v) is 3.70. The lowest BCUT2D eigenvalue weighted by molar-refractivity contribution is -0.114. The van der Waals surface area contributed by atoms with Crippen LogP contribution in [0.5, 0.6) is 5.75 Å². The Morgan fingerprint density at radius 1 is 1.19 bits per heavy atom. The fourth-order valence-corrected chi connectivity index (χ4v) is 2.40. The highest BCUT2D eigenvalue weighted by Gasteiger charge is 2.17. The topological polar surface area (TPSA) is 97.2 Å². The van der Waals surface area contributed by atoms with Crippen LogP contribution in [0.1, 0.15) is 27.0 Å². The van der Waals surface area contributed by atoms with Gasteiger partial charge in [-0.05, 0) is 36.2 Å². The van der Waals surface area contributed by atoms with Gasteiger partial charge in [-0.1, -0.05) is 29.4 Å². The molecule has 2 rings (SSSR count).